The molecule has 0 spiro atoms. The zero-order valence-electron chi connectivity index (χ0n) is 7.44. The van der Waals surface area contributed by atoms with E-state index < -0.39 is 12.2 Å². The summed E-state index contributed by atoms with van der Waals surface area (Å²) in [7, 11) is 0. The highest BCUT2D eigenvalue weighted by Crippen LogP contribution is 2.08. The SMILES string of the molecule is CCOCCN1C[C@H](O)[C@@H](O)C1. The number of aliphatic hydroxyl groups is 2. The smallest absolute Gasteiger partial charge is 0.0938 e. The molecule has 1 fully saturated rings. The first kappa shape index (κ1) is 9.92. The fourth-order valence-corrected chi connectivity index (χ4v) is 1.37. The predicted molar refractivity (Wildman–Crippen MR) is 44.9 cm³/mol. The minimum Gasteiger partial charge on any atom is -0.389 e. The molecule has 4 nitrogen and oxygen atoms in total. The molecular weight excluding hydrogens is 158 g/mol. The molecule has 0 amide bonds. The monoisotopic (exact) mass is 175 g/mol. The zero-order chi connectivity index (χ0) is 8.97. The second kappa shape index (κ2) is 4.77. The summed E-state index contributed by atoms with van der Waals surface area (Å²) in [6, 6.07) is 0. The Morgan fingerprint density at radius 1 is 1.33 bits per heavy atom. The van der Waals surface area contributed by atoms with Crippen LogP contribution in [0.3, 0.4) is 0 Å². The molecule has 4 heteroatoms. The Morgan fingerprint density at radius 3 is 2.42 bits per heavy atom. The number of likely N-dealkylation sites (tertiary alicyclic amines) is 1. The van der Waals surface area contributed by atoms with Gasteiger partial charge in [-0.05, 0) is 6.92 Å². The van der Waals surface area contributed by atoms with Crippen molar-refractivity contribution in [3.63, 3.8) is 0 Å². The van der Waals surface area contributed by atoms with Crippen molar-refractivity contribution >= 4 is 0 Å². The third-order valence-corrected chi connectivity index (χ3v) is 2.09. The molecule has 0 aromatic carbocycles. The van der Waals surface area contributed by atoms with Gasteiger partial charge >= 0.3 is 0 Å². The van der Waals surface area contributed by atoms with Gasteiger partial charge in [-0.15, -0.1) is 0 Å². The normalized spacial score (nSPS) is 31.2. The Hall–Kier alpha value is -0.160. The van der Waals surface area contributed by atoms with E-state index in [0.717, 1.165) is 13.2 Å². The van der Waals surface area contributed by atoms with Gasteiger partial charge < -0.3 is 14.9 Å². The summed E-state index contributed by atoms with van der Waals surface area (Å²) in [5, 5.41) is 18.4. The van der Waals surface area contributed by atoms with Crippen LogP contribution in [0.4, 0.5) is 0 Å². The van der Waals surface area contributed by atoms with E-state index in [2.05, 4.69) is 0 Å². The third-order valence-electron chi connectivity index (χ3n) is 2.09. The molecule has 1 heterocycles. The molecular formula is C8H17NO3. The van der Waals surface area contributed by atoms with Crippen LogP contribution < -0.4 is 0 Å². The van der Waals surface area contributed by atoms with Crippen molar-refractivity contribution in [1.82, 2.24) is 4.90 Å². The molecule has 0 saturated carbocycles. The van der Waals surface area contributed by atoms with Crippen LogP contribution in [0.1, 0.15) is 6.92 Å². The van der Waals surface area contributed by atoms with Crippen molar-refractivity contribution < 1.29 is 14.9 Å². The van der Waals surface area contributed by atoms with Crippen molar-refractivity contribution in [2.45, 2.75) is 19.1 Å². The molecule has 1 aliphatic heterocycles. The molecule has 0 aromatic rings. The maximum atomic E-state index is 9.19. The molecule has 1 aliphatic rings. The lowest BCUT2D eigenvalue weighted by molar-refractivity contribution is 0.0572. The number of aliphatic hydroxyl groups excluding tert-OH is 2. The number of hydrogen-bond donors (Lipinski definition) is 2. The van der Waals surface area contributed by atoms with Gasteiger partial charge in [0.15, 0.2) is 0 Å². The summed E-state index contributed by atoms with van der Waals surface area (Å²) in [5.41, 5.74) is 0. The largest absolute Gasteiger partial charge is 0.389 e. The predicted octanol–water partition coefficient (Wildman–Crippen LogP) is -0.940. The van der Waals surface area contributed by atoms with Gasteiger partial charge in [0.25, 0.3) is 0 Å². The van der Waals surface area contributed by atoms with Gasteiger partial charge in [-0.1, -0.05) is 0 Å². The first-order valence-electron chi connectivity index (χ1n) is 4.40. The number of ether oxygens (including phenoxy) is 1. The minimum absolute atomic E-state index is 0.564. The van der Waals surface area contributed by atoms with Gasteiger partial charge in [-0.2, -0.15) is 0 Å². The minimum atomic E-state index is -0.577. The molecule has 0 aromatic heterocycles. The Balaban J connectivity index is 2.10. The summed E-state index contributed by atoms with van der Waals surface area (Å²) in [6.07, 6.45) is -1.15. The average Bonchev–Trinajstić information content (AvgIpc) is 2.32. The van der Waals surface area contributed by atoms with Crippen molar-refractivity contribution in [2.75, 3.05) is 32.8 Å². The molecule has 0 radical (unpaired) electrons. The number of rotatable bonds is 4. The van der Waals surface area contributed by atoms with Crippen molar-refractivity contribution in [3.05, 3.63) is 0 Å². The molecule has 12 heavy (non-hydrogen) atoms. The topological polar surface area (TPSA) is 52.9 Å². The lowest BCUT2D eigenvalue weighted by Gasteiger charge is -2.13. The highest BCUT2D eigenvalue weighted by molar-refractivity contribution is 4.82. The van der Waals surface area contributed by atoms with Crippen LogP contribution in [0, 0.1) is 0 Å². The number of hydrogen-bond acceptors (Lipinski definition) is 4. The summed E-state index contributed by atoms with van der Waals surface area (Å²) in [6.45, 7) is 5.27. The van der Waals surface area contributed by atoms with Gasteiger partial charge in [0.1, 0.15) is 0 Å². The lowest BCUT2D eigenvalue weighted by atomic mass is 10.3. The van der Waals surface area contributed by atoms with Gasteiger partial charge in [0.2, 0.25) is 0 Å². The standard InChI is InChI=1S/C8H17NO3/c1-2-12-4-3-9-5-7(10)8(11)6-9/h7-8,10-11H,2-6H2,1H3/t7-,8-/m0/s1. The molecule has 2 N–H and O–H groups in total. The molecule has 1 rings (SSSR count). The van der Waals surface area contributed by atoms with Crippen LogP contribution in [0.15, 0.2) is 0 Å². The Kier molecular flexibility index (Phi) is 3.94. The Labute approximate surface area is 72.7 Å². The zero-order valence-corrected chi connectivity index (χ0v) is 7.44. The van der Waals surface area contributed by atoms with Crippen LogP contribution in [-0.4, -0.2) is 60.2 Å². The Bertz CT molecular complexity index is 121. The number of nitrogens with zero attached hydrogens (tertiary/aromatic N) is 1. The van der Waals surface area contributed by atoms with E-state index in [1.165, 1.54) is 0 Å². The van der Waals surface area contributed by atoms with Crippen LogP contribution in [-0.2, 0) is 4.74 Å². The highest BCUT2D eigenvalue weighted by Gasteiger charge is 2.28. The van der Waals surface area contributed by atoms with Crippen molar-refractivity contribution in [3.8, 4) is 0 Å². The second-order valence-electron chi connectivity index (χ2n) is 3.09. The van der Waals surface area contributed by atoms with E-state index in [4.69, 9.17) is 4.74 Å². The van der Waals surface area contributed by atoms with E-state index in [9.17, 15) is 10.2 Å². The second-order valence-corrected chi connectivity index (χ2v) is 3.09. The van der Waals surface area contributed by atoms with Crippen LogP contribution in [0.5, 0.6) is 0 Å². The lowest BCUT2D eigenvalue weighted by Crippen LogP contribution is -2.26. The average molecular weight is 175 g/mol. The molecule has 0 aliphatic carbocycles. The van der Waals surface area contributed by atoms with Crippen LogP contribution in [0.25, 0.3) is 0 Å². The fourth-order valence-electron chi connectivity index (χ4n) is 1.37. The molecule has 2 atom stereocenters. The van der Waals surface area contributed by atoms with Crippen LogP contribution >= 0.6 is 0 Å². The maximum absolute atomic E-state index is 9.19. The first-order chi connectivity index (χ1) is 5.74. The summed E-state index contributed by atoms with van der Waals surface area (Å²) in [5.74, 6) is 0. The van der Waals surface area contributed by atoms with Crippen LogP contribution in [0.2, 0.25) is 0 Å². The highest BCUT2D eigenvalue weighted by atomic mass is 16.5. The van der Waals surface area contributed by atoms with E-state index in [0.29, 0.717) is 19.7 Å². The van der Waals surface area contributed by atoms with Gasteiger partial charge in [-0.3, -0.25) is 4.90 Å². The summed E-state index contributed by atoms with van der Waals surface area (Å²) in [4.78, 5) is 2.00. The van der Waals surface area contributed by atoms with Gasteiger partial charge in [-0.25, -0.2) is 0 Å². The number of β-amino-alcohol motifs (C(OH)–C–C–N with tert-alkyl or cyclic N) is 2. The Morgan fingerprint density at radius 2 is 1.92 bits per heavy atom. The third kappa shape index (κ3) is 2.71. The maximum Gasteiger partial charge on any atom is 0.0938 e. The first-order valence-corrected chi connectivity index (χ1v) is 4.40. The molecule has 0 unspecified atom stereocenters. The molecule has 0 bridgehead atoms. The van der Waals surface area contributed by atoms with E-state index in [1.54, 1.807) is 0 Å². The molecule has 1 saturated heterocycles. The van der Waals surface area contributed by atoms with Crippen molar-refractivity contribution in [2.24, 2.45) is 0 Å². The summed E-state index contributed by atoms with van der Waals surface area (Å²) < 4.78 is 5.16. The van der Waals surface area contributed by atoms with E-state index in [1.807, 2.05) is 11.8 Å². The van der Waals surface area contributed by atoms with Crippen molar-refractivity contribution in [1.29, 1.82) is 0 Å². The summed E-state index contributed by atoms with van der Waals surface area (Å²) >= 11 is 0. The fraction of sp³-hybridized carbons (Fsp3) is 1.00. The molecule has 72 valence electrons. The van der Waals surface area contributed by atoms with Gasteiger partial charge in [0.05, 0.1) is 18.8 Å². The van der Waals surface area contributed by atoms with Gasteiger partial charge in [0, 0.05) is 26.2 Å². The quantitative estimate of drug-likeness (QED) is 0.541. The van der Waals surface area contributed by atoms with E-state index >= 15 is 0 Å². The van der Waals surface area contributed by atoms with E-state index in [-0.39, 0.29) is 0 Å².